The topological polar surface area (TPSA) is 93.3 Å². The van der Waals surface area contributed by atoms with E-state index in [1.807, 2.05) is 0 Å². The van der Waals surface area contributed by atoms with Crippen molar-refractivity contribution >= 4 is 45.6 Å². The number of hydrogen-bond donors (Lipinski definition) is 2. The average molecular weight is 367 g/mol. The molecule has 3 rings (SSSR count). The predicted molar refractivity (Wildman–Crippen MR) is 93.9 cm³/mol. The molecular weight excluding hydrogens is 350 g/mol. The number of methoxy groups -OCH3 is 2. The van der Waals surface area contributed by atoms with Crippen molar-refractivity contribution in [2.75, 3.05) is 25.7 Å². The third-order valence-corrected chi connectivity index (χ3v) is 5.48. The molecule has 1 atom stereocenters. The molecule has 1 fully saturated rings. The molecule has 9 heteroatoms. The molecule has 1 saturated heterocycles. The van der Waals surface area contributed by atoms with Gasteiger partial charge in [0.1, 0.15) is 22.5 Å². The van der Waals surface area contributed by atoms with Gasteiger partial charge in [-0.25, -0.2) is 4.98 Å². The largest absolute Gasteiger partial charge is 0.494 e. The summed E-state index contributed by atoms with van der Waals surface area (Å²) in [6.07, 6.45) is 0.693. The van der Waals surface area contributed by atoms with Crippen LogP contribution in [0.4, 0.5) is 0 Å². The van der Waals surface area contributed by atoms with Crippen LogP contribution in [-0.4, -0.2) is 52.8 Å². The maximum absolute atomic E-state index is 12.0. The Kier molecular flexibility index (Phi) is 5.20. The van der Waals surface area contributed by atoms with Gasteiger partial charge < -0.3 is 19.8 Å². The number of carbonyl (C=O) groups is 2. The van der Waals surface area contributed by atoms with Crippen LogP contribution in [0.2, 0.25) is 0 Å². The summed E-state index contributed by atoms with van der Waals surface area (Å²) in [6, 6.07) is 3.22. The van der Waals surface area contributed by atoms with Gasteiger partial charge in [-0.05, 0) is 18.6 Å². The number of imidazole rings is 1. The van der Waals surface area contributed by atoms with Crippen LogP contribution in [0, 0.1) is 0 Å². The highest BCUT2D eigenvalue weighted by Crippen LogP contribution is 2.33. The van der Waals surface area contributed by atoms with E-state index < -0.39 is 0 Å². The Hall–Kier alpha value is -1.87. The van der Waals surface area contributed by atoms with Gasteiger partial charge >= 0.3 is 0 Å². The summed E-state index contributed by atoms with van der Waals surface area (Å²) in [5.41, 5.74) is 1.38. The number of thioether (sulfide) groups is 2. The van der Waals surface area contributed by atoms with Gasteiger partial charge in [0.2, 0.25) is 11.0 Å². The monoisotopic (exact) mass is 367 g/mol. The molecule has 1 aromatic carbocycles. The van der Waals surface area contributed by atoms with E-state index in [-0.39, 0.29) is 22.8 Å². The Bertz CT molecular complexity index is 736. The van der Waals surface area contributed by atoms with E-state index in [9.17, 15) is 9.59 Å². The zero-order valence-electron chi connectivity index (χ0n) is 13.3. The van der Waals surface area contributed by atoms with Crippen LogP contribution >= 0.6 is 23.5 Å². The molecule has 128 valence electrons. The van der Waals surface area contributed by atoms with Gasteiger partial charge in [-0.15, -0.1) is 0 Å². The van der Waals surface area contributed by atoms with Crippen LogP contribution in [0.15, 0.2) is 17.3 Å². The van der Waals surface area contributed by atoms with Crippen LogP contribution in [0.3, 0.4) is 0 Å². The SMILES string of the molecule is COc1ccc(OC)c2[nH]c(SCC(=O)NC3CCSC3=O)nc12. The lowest BCUT2D eigenvalue weighted by Crippen LogP contribution is -2.38. The first-order valence-electron chi connectivity index (χ1n) is 7.32. The van der Waals surface area contributed by atoms with Crippen molar-refractivity contribution in [3.05, 3.63) is 12.1 Å². The highest BCUT2D eigenvalue weighted by Gasteiger charge is 2.26. The molecule has 7 nitrogen and oxygen atoms in total. The fourth-order valence-electron chi connectivity index (χ4n) is 2.42. The van der Waals surface area contributed by atoms with Gasteiger partial charge in [-0.3, -0.25) is 9.59 Å². The molecule has 1 aliphatic rings. The van der Waals surface area contributed by atoms with Gasteiger partial charge in [-0.2, -0.15) is 0 Å². The minimum atomic E-state index is -0.362. The standard InChI is InChI=1S/C15H17N3O4S2/c1-21-9-3-4-10(22-2)13-12(9)17-15(18-13)24-7-11(19)16-8-5-6-23-14(8)20/h3-4,8H,5-7H2,1-2H3,(H,16,19)(H,17,18). The number of ether oxygens (including phenoxy) is 2. The van der Waals surface area contributed by atoms with Gasteiger partial charge in [0.05, 0.1) is 26.0 Å². The third-order valence-electron chi connectivity index (χ3n) is 3.60. The van der Waals surface area contributed by atoms with E-state index in [1.54, 1.807) is 26.4 Å². The maximum Gasteiger partial charge on any atom is 0.231 e. The van der Waals surface area contributed by atoms with Gasteiger partial charge in [0, 0.05) is 5.75 Å². The molecule has 24 heavy (non-hydrogen) atoms. The first-order valence-corrected chi connectivity index (χ1v) is 9.29. The molecular formula is C15H17N3O4S2. The summed E-state index contributed by atoms with van der Waals surface area (Å²) in [6.45, 7) is 0. The fourth-order valence-corrected chi connectivity index (χ4v) is 4.04. The zero-order valence-corrected chi connectivity index (χ0v) is 14.9. The zero-order chi connectivity index (χ0) is 17.1. The molecule has 0 saturated carbocycles. The predicted octanol–water partition coefficient (Wildman–Crippen LogP) is 1.82. The van der Waals surface area contributed by atoms with Crippen molar-refractivity contribution in [1.82, 2.24) is 15.3 Å². The molecule has 0 bridgehead atoms. The number of nitrogens with zero attached hydrogens (tertiary/aromatic N) is 1. The van der Waals surface area contributed by atoms with Crippen LogP contribution < -0.4 is 14.8 Å². The van der Waals surface area contributed by atoms with Crippen molar-refractivity contribution in [3.63, 3.8) is 0 Å². The Morgan fingerprint density at radius 2 is 2.17 bits per heavy atom. The van der Waals surface area contributed by atoms with Crippen molar-refractivity contribution in [3.8, 4) is 11.5 Å². The van der Waals surface area contributed by atoms with E-state index >= 15 is 0 Å². The summed E-state index contributed by atoms with van der Waals surface area (Å²) in [5.74, 6) is 2.05. The smallest absolute Gasteiger partial charge is 0.231 e. The van der Waals surface area contributed by atoms with Crippen LogP contribution in [0.5, 0.6) is 11.5 Å². The molecule has 0 aliphatic carbocycles. The molecule has 2 N–H and O–H groups in total. The quantitative estimate of drug-likeness (QED) is 0.752. The molecule has 1 aliphatic heterocycles. The van der Waals surface area contributed by atoms with E-state index in [1.165, 1.54) is 23.5 Å². The number of hydrogen-bond acceptors (Lipinski definition) is 7. The lowest BCUT2D eigenvalue weighted by molar-refractivity contribution is -0.122. The lowest BCUT2D eigenvalue weighted by atomic mass is 10.2. The number of benzene rings is 1. The number of H-pyrrole nitrogens is 1. The highest BCUT2D eigenvalue weighted by atomic mass is 32.2. The summed E-state index contributed by atoms with van der Waals surface area (Å²) < 4.78 is 10.6. The van der Waals surface area contributed by atoms with Crippen molar-refractivity contribution in [2.24, 2.45) is 0 Å². The molecule has 1 unspecified atom stereocenters. The molecule has 2 aromatic rings. The molecule has 1 amide bonds. The van der Waals surface area contributed by atoms with Crippen molar-refractivity contribution < 1.29 is 19.1 Å². The Morgan fingerprint density at radius 3 is 2.83 bits per heavy atom. The first kappa shape index (κ1) is 17.0. The summed E-state index contributed by atoms with van der Waals surface area (Å²) in [7, 11) is 3.16. The summed E-state index contributed by atoms with van der Waals surface area (Å²) in [5, 5.41) is 3.38. The maximum atomic E-state index is 12.0. The van der Waals surface area contributed by atoms with Gasteiger partial charge in [0.15, 0.2) is 5.16 Å². The number of carbonyl (C=O) groups excluding carboxylic acids is 2. The number of nitrogens with one attached hydrogen (secondary N) is 2. The van der Waals surface area contributed by atoms with Crippen LogP contribution in [0.25, 0.3) is 11.0 Å². The Morgan fingerprint density at radius 1 is 1.42 bits per heavy atom. The van der Waals surface area contributed by atoms with Crippen LogP contribution in [0.1, 0.15) is 6.42 Å². The second-order valence-corrected chi connectivity index (χ2v) is 7.16. The highest BCUT2D eigenvalue weighted by molar-refractivity contribution is 8.14. The molecule has 2 heterocycles. The number of amides is 1. The Labute approximate surface area is 147 Å². The normalized spacial score (nSPS) is 17.2. The summed E-state index contributed by atoms with van der Waals surface area (Å²) in [4.78, 5) is 31.1. The second kappa shape index (κ2) is 7.35. The van der Waals surface area contributed by atoms with E-state index in [0.29, 0.717) is 28.6 Å². The lowest BCUT2D eigenvalue weighted by Gasteiger charge is -2.08. The third kappa shape index (κ3) is 3.46. The minimum Gasteiger partial charge on any atom is -0.494 e. The number of fused-ring (bicyclic) bond motifs is 1. The Balaban J connectivity index is 1.69. The number of rotatable bonds is 6. The van der Waals surface area contributed by atoms with Crippen LogP contribution in [-0.2, 0) is 9.59 Å². The first-order chi connectivity index (χ1) is 11.6. The number of aromatic amines is 1. The average Bonchev–Trinajstić information content (AvgIpc) is 3.18. The molecule has 0 spiro atoms. The van der Waals surface area contributed by atoms with E-state index in [4.69, 9.17) is 9.47 Å². The second-order valence-electron chi connectivity index (χ2n) is 5.10. The summed E-state index contributed by atoms with van der Waals surface area (Å²) >= 11 is 2.54. The molecule has 0 radical (unpaired) electrons. The van der Waals surface area contributed by atoms with Crippen molar-refractivity contribution in [1.29, 1.82) is 0 Å². The fraction of sp³-hybridized carbons (Fsp3) is 0.400. The van der Waals surface area contributed by atoms with E-state index in [2.05, 4.69) is 15.3 Å². The number of aromatic nitrogens is 2. The van der Waals surface area contributed by atoms with E-state index in [0.717, 1.165) is 11.3 Å². The minimum absolute atomic E-state index is 0.0339. The van der Waals surface area contributed by atoms with Crippen molar-refractivity contribution in [2.45, 2.75) is 17.6 Å². The molecule has 1 aromatic heterocycles. The van der Waals surface area contributed by atoms with Gasteiger partial charge in [-0.1, -0.05) is 23.5 Å². The van der Waals surface area contributed by atoms with Gasteiger partial charge in [0.25, 0.3) is 0 Å².